The first-order chi connectivity index (χ1) is 26.2. The van der Waals surface area contributed by atoms with Crippen LogP contribution in [-0.4, -0.2) is 71.1 Å². The van der Waals surface area contributed by atoms with Crippen LogP contribution >= 0.6 is 0 Å². The number of aromatic nitrogens is 2. The zero-order valence-electron chi connectivity index (χ0n) is 30.6. The van der Waals surface area contributed by atoms with E-state index in [1.165, 1.54) is 30.0 Å². The number of nitrogens with zero attached hydrogens (tertiary/aromatic N) is 4. The molecule has 0 radical (unpaired) electrons. The average Bonchev–Trinajstić information content (AvgIpc) is 3.77. The van der Waals surface area contributed by atoms with Crippen LogP contribution in [0.25, 0.3) is 11.0 Å². The highest BCUT2D eigenvalue weighted by molar-refractivity contribution is 5.81. The number of hydrogen-bond donors (Lipinski definition) is 1. The van der Waals surface area contributed by atoms with Gasteiger partial charge in [-0.25, -0.2) is 4.98 Å². The van der Waals surface area contributed by atoms with E-state index in [0.29, 0.717) is 41.0 Å². The standard InChI is InChI=1S/C43H45F2N5O4/c1-28(2)35-7-3-4-8-36(35)37-26-48(25-30-6-5-9-38-40(30)54-43(44,45)53-38)18-19-50(37)33-22-42(23-33)13-16-49(17-14-42)32-11-10-31(27-51)39(21-32)52-34-20-29-12-15-46-41(29)47-24-34/h3-12,15,20-21,24,27-28,33,37H,13-14,16-19,22-23,25-26H2,1-2H3,(H,46,47). The second-order valence-electron chi connectivity index (χ2n) is 15.8. The molecule has 1 aliphatic carbocycles. The Bertz CT molecular complexity index is 2170. The van der Waals surface area contributed by atoms with E-state index in [-0.39, 0.29) is 17.5 Å². The second-order valence-corrected chi connectivity index (χ2v) is 15.8. The fourth-order valence-corrected chi connectivity index (χ4v) is 9.27. The smallest absolute Gasteiger partial charge is 0.455 e. The number of nitrogens with one attached hydrogen (secondary N) is 1. The van der Waals surface area contributed by atoms with Gasteiger partial charge in [0.2, 0.25) is 0 Å². The van der Waals surface area contributed by atoms with Crippen LogP contribution in [-0.2, 0) is 6.54 Å². The summed E-state index contributed by atoms with van der Waals surface area (Å²) in [6.45, 7) is 9.47. The third kappa shape index (κ3) is 6.57. The van der Waals surface area contributed by atoms with Crippen molar-refractivity contribution in [2.75, 3.05) is 37.6 Å². The van der Waals surface area contributed by atoms with Crippen LogP contribution in [0, 0.1) is 5.41 Å². The van der Waals surface area contributed by atoms with Crippen molar-refractivity contribution < 1.29 is 27.8 Å². The number of aromatic amines is 1. The SMILES string of the molecule is CC(C)c1ccccc1C1CN(Cc2cccc3c2OC(F)(F)O3)CCN1C1CC2(CCN(c3ccc(C=O)c(Oc4cnc5[nH]ccc5c4)c3)CC2)C1. The summed E-state index contributed by atoms with van der Waals surface area (Å²) >= 11 is 0. The van der Waals surface area contributed by atoms with Gasteiger partial charge in [-0.15, -0.1) is 8.78 Å². The molecular formula is C43H45F2N5O4. The molecule has 9 rings (SSSR count). The first-order valence-electron chi connectivity index (χ1n) is 19.1. The highest BCUT2D eigenvalue weighted by atomic mass is 19.3. The van der Waals surface area contributed by atoms with Gasteiger partial charge in [0.15, 0.2) is 17.8 Å². The first kappa shape index (κ1) is 34.7. The summed E-state index contributed by atoms with van der Waals surface area (Å²) in [4.78, 5) is 27.0. The lowest BCUT2D eigenvalue weighted by Gasteiger charge is -2.58. The van der Waals surface area contributed by atoms with E-state index < -0.39 is 6.29 Å². The molecule has 9 nitrogen and oxygen atoms in total. The number of H-pyrrole nitrogens is 1. The number of alkyl halides is 2. The second kappa shape index (κ2) is 13.7. The number of carbonyl (C=O) groups excluding carboxylic acids is 1. The van der Waals surface area contributed by atoms with Crippen molar-refractivity contribution in [3.8, 4) is 23.0 Å². The maximum atomic E-state index is 14.0. The predicted molar refractivity (Wildman–Crippen MR) is 203 cm³/mol. The van der Waals surface area contributed by atoms with E-state index in [4.69, 9.17) is 14.2 Å². The zero-order valence-corrected chi connectivity index (χ0v) is 30.6. The van der Waals surface area contributed by atoms with Gasteiger partial charge in [0.25, 0.3) is 0 Å². The molecule has 2 saturated heterocycles. The molecule has 3 aromatic carbocycles. The zero-order chi connectivity index (χ0) is 37.0. The Balaban J connectivity index is 0.881. The molecule has 1 spiro atoms. The molecule has 5 aromatic rings. The molecule has 1 N–H and O–H groups in total. The Morgan fingerprint density at radius 2 is 1.81 bits per heavy atom. The fraction of sp³-hybridized carbons (Fsp3) is 0.395. The monoisotopic (exact) mass is 733 g/mol. The van der Waals surface area contributed by atoms with Crippen molar-refractivity contribution >= 4 is 23.0 Å². The highest BCUT2D eigenvalue weighted by Gasteiger charge is 2.50. The Kier molecular flexibility index (Phi) is 8.81. The van der Waals surface area contributed by atoms with Gasteiger partial charge < -0.3 is 24.1 Å². The number of pyridine rings is 1. The molecule has 11 heteroatoms. The van der Waals surface area contributed by atoms with Crippen LogP contribution < -0.4 is 19.1 Å². The largest absolute Gasteiger partial charge is 0.586 e. The van der Waals surface area contributed by atoms with Crippen molar-refractivity contribution in [1.82, 2.24) is 19.8 Å². The molecule has 0 amide bonds. The summed E-state index contributed by atoms with van der Waals surface area (Å²) in [5, 5.41) is 0.948. The Hall–Kier alpha value is -5.00. The maximum absolute atomic E-state index is 14.0. The summed E-state index contributed by atoms with van der Waals surface area (Å²) in [5.74, 6) is 1.75. The number of ether oxygens (including phenoxy) is 3. The molecule has 280 valence electrons. The number of aldehydes is 1. The topological polar surface area (TPSA) is 83.2 Å². The molecule has 0 bridgehead atoms. The van der Waals surface area contributed by atoms with Gasteiger partial charge in [0.1, 0.15) is 17.1 Å². The van der Waals surface area contributed by atoms with E-state index in [1.807, 2.05) is 42.6 Å². The van der Waals surface area contributed by atoms with Gasteiger partial charge in [0.05, 0.1) is 11.8 Å². The Morgan fingerprint density at radius 3 is 2.63 bits per heavy atom. The molecule has 5 heterocycles. The first-order valence-corrected chi connectivity index (χ1v) is 19.1. The van der Waals surface area contributed by atoms with Crippen molar-refractivity contribution in [2.45, 2.75) is 70.4 Å². The van der Waals surface area contributed by atoms with E-state index in [0.717, 1.165) is 74.1 Å². The van der Waals surface area contributed by atoms with E-state index in [2.05, 4.69) is 62.8 Å². The van der Waals surface area contributed by atoms with Crippen LogP contribution in [0.15, 0.2) is 85.2 Å². The minimum atomic E-state index is -3.64. The number of hydrogen-bond acceptors (Lipinski definition) is 8. The molecule has 2 aromatic heterocycles. The summed E-state index contributed by atoms with van der Waals surface area (Å²) in [7, 11) is 0. The summed E-state index contributed by atoms with van der Waals surface area (Å²) in [5.41, 5.74) is 6.11. The summed E-state index contributed by atoms with van der Waals surface area (Å²) < 4.78 is 43.9. The van der Waals surface area contributed by atoms with Crippen LogP contribution in [0.1, 0.15) is 78.5 Å². The van der Waals surface area contributed by atoms with E-state index in [1.54, 1.807) is 12.3 Å². The normalized spacial score (nSPS) is 21.1. The number of fused-ring (bicyclic) bond motifs is 2. The number of anilines is 1. The quantitative estimate of drug-likeness (QED) is 0.151. The van der Waals surface area contributed by atoms with Crippen LogP contribution in [0.5, 0.6) is 23.0 Å². The minimum absolute atomic E-state index is 0.0959. The lowest BCUT2D eigenvalue weighted by Crippen LogP contribution is -2.60. The lowest BCUT2D eigenvalue weighted by molar-refractivity contribution is -0.287. The molecule has 4 aliphatic rings. The van der Waals surface area contributed by atoms with Crippen molar-refractivity contribution in [3.05, 3.63) is 107 Å². The number of piperidine rings is 1. The van der Waals surface area contributed by atoms with E-state index >= 15 is 0 Å². The van der Waals surface area contributed by atoms with Gasteiger partial charge >= 0.3 is 6.29 Å². The van der Waals surface area contributed by atoms with Gasteiger partial charge in [-0.2, -0.15) is 0 Å². The fourth-order valence-electron chi connectivity index (χ4n) is 9.27. The maximum Gasteiger partial charge on any atom is 0.586 e. The molecular weight excluding hydrogens is 688 g/mol. The number of benzene rings is 3. The number of piperazine rings is 1. The van der Waals surface area contributed by atoms with Crippen molar-refractivity contribution in [1.29, 1.82) is 0 Å². The highest BCUT2D eigenvalue weighted by Crippen LogP contribution is 2.53. The molecule has 1 atom stereocenters. The molecule has 3 aliphatic heterocycles. The summed E-state index contributed by atoms with van der Waals surface area (Å²) in [6.07, 6.45) is 5.28. The number of para-hydroxylation sites is 1. The van der Waals surface area contributed by atoms with Crippen LogP contribution in [0.2, 0.25) is 0 Å². The minimum Gasteiger partial charge on any atom is -0.455 e. The van der Waals surface area contributed by atoms with Crippen molar-refractivity contribution in [2.24, 2.45) is 5.41 Å². The number of rotatable bonds is 9. The van der Waals surface area contributed by atoms with Crippen molar-refractivity contribution in [3.63, 3.8) is 0 Å². The Labute approximate surface area is 313 Å². The van der Waals surface area contributed by atoms with Gasteiger partial charge in [-0.1, -0.05) is 50.2 Å². The molecule has 3 fully saturated rings. The van der Waals surface area contributed by atoms with E-state index in [9.17, 15) is 13.6 Å². The molecule has 1 saturated carbocycles. The third-order valence-electron chi connectivity index (χ3n) is 12.1. The average molecular weight is 734 g/mol. The van der Waals surface area contributed by atoms with Crippen LogP contribution in [0.3, 0.4) is 0 Å². The third-order valence-corrected chi connectivity index (χ3v) is 12.1. The number of halogens is 2. The number of carbonyl (C=O) groups is 1. The van der Waals surface area contributed by atoms with Gasteiger partial charge in [-0.05, 0) is 78.5 Å². The molecule has 54 heavy (non-hydrogen) atoms. The van der Waals surface area contributed by atoms with Gasteiger partial charge in [-0.3, -0.25) is 14.6 Å². The Morgan fingerprint density at radius 1 is 0.981 bits per heavy atom. The van der Waals surface area contributed by atoms with Gasteiger partial charge in [0, 0.05) is 80.3 Å². The predicted octanol–water partition coefficient (Wildman–Crippen LogP) is 8.92. The summed E-state index contributed by atoms with van der Waals surface area (Å²) in [6, 6.07) is 24.4. The molecule has 1 unspecified atom stereocenters. The van der Waals surface area contributed by atoms with Crippen LogP contribution in [0.4, 0.5) is 14.5 Å². The lowest BCUT2D eigenvalue weighted by atomic mass is 9.59.